The fourth-order valence-corrected chi connectivity index (χ4v) is 4.33. The molecule has 7 heteroatoms. The van der Waals surface area contributed by atoms with Crippen molar-refractivity contribution in [3.63, 3.8) is 0 Å². The molecule has 4 aromatic rings. The Balaban J connectivity index is 1.57. The van der Waals surface area contributed by atoms with E-state index in [-0.39, 0.29) is 16.5 Å². The Morgan fingerprint density at radius 3 is 2.45 bits per heavy atom. The van der Waals surface area contributed by atoms with Crippen LogP contribution in [0.15, 0.2) is 68.4 Å². The molecule has 0 aliphatic heterocycles. The zero-order valence-electron chi connectivity index (χ0n) is 16.3. The molecule has 29 heavy (non-hydrogen) atoms. The van der Waals surface area contributed by atoms with Crippen LogP contribution in [0.5, 0.6) is 0 Å². The number of hydrogen-bond donors (Lipinski definition) is 0. The molecule has 6 nitrogen and oxygen atoms in total. The van der Waals surface area contributed by atoms with Gasteiger partial charge in [0.1, 0.15) is 11.5 Å². The first-order valence-electron chi connectivity index (χ1n) is 9.12. The third kappa shape index (κ3) is 3.86. The van der Waals surface area contributed by atoms with Gasteiger partial charge in [-0.25, -0.2) is 8.42 Å². The van der Waals surface area contributed by atoms with Crippen LogP contribution in [0.1, 0.15) is 22.5 Å². The molecule has 0 saturated heterocycles. The van der Waals surface area contributed by atoms with Gasteiger partial charge >= 0.3 is 0 Å². The fraction of sp³-hybridized carbons (Fsp3) is 0.182. The van der Waals surface area contributed by atoms with Crippen LogP contribution >= 0.6 is 0 Å². The Morgan fingerprint density at radius 1 is 0.897 bits per heavy atom. The van der Waals surface area contributed by atoms with Crippen LogP contribution in [0.2, 0.25) is 0 Å². The molecular weight excluding hydrogens is 388 g/mol. The van der Waals surface area contributed by atoms with Gasteiger partial charge in [0, 0.05) is 5.56 Å². The molecule has 0 fully saturated rings. The molecule has 0 atom stereocenters. The van der Waals surface area contributed by atoms with E-state index in [1.54, 1.807) is 30.3 Å². The molecule has 0 N–H and O–H groups in total. The molecule has 0 radical (unpaired) electrons. The number of nitrogens with zero attached hydrogens (tertiary/aromatic N) is 2. The summed E-state index contributed by atoms with van der Waals surface area (Å²) in [7, 11) is -3.53. The molecule has 0 aliphatic carbocycles. The average Bonchev–Trinajstić information content (AvgIpc) is 3.33. The second kappa shape index (κ2) is 7.33. The smallest absolute Gasteiger partial charge is 0.293 e. The minimum atomic E-state index is -3.53. The Labute approximate surface area is 169 Å². The van der Waals surface area contributed by atoms with Crippen molar-refractivity contribution >= 4 is 9.84 Å². The highest BCUT2D eigenvalue weighted by Crippen LogP contribution is 2.27. The van der Waals surface area contributed by atoms with Gasteiger partial charge in [0.2, 0.25) is 5.82 Å². The number of aromatic nitrogens is 2. The first-order chi connectivity index (χ1) is 13.8. The van der Waals surface area contributed by atoms with Gasteiger partial charge < -0.3 is 8.94 Å². The Hall–Kier alpha value is -3.19. The molecule has 2 aromatic heterocycles. The van der Waals surface area contributed by atoms with Crippen LogP contribution in [-0.2, 0) is 15.6 Å². The monoisotopic (exact) mass is 408 g/mol. The Morgan fingerprint density at radius 2 is 1.69 bits per heavy atom. The molecule has 0 unspecified atom stereocenters. The summed E-state index contributed by atoms with van der Waals surface area (Å²) in [5.41, 5.74) is 3.87. The lowest BCUT2D eigenvalue weighted by Crippen LogP contribution is -2.05. The lowest BCUT2D eigenvalue weighted by molar-refractivity contribution is 0.413. The molecule has 148 valence electrons. The van der Waals surface area contributed by atoms with E-state index < -0.39 is 9.84 Å². The quantitative estimate of drug-likeness (QED) is 0.467. The summed E-state index contributed by atoms with van der Waals surface area (Å²) in [6, 6.07) is 16.1. The van der Waals surface area contributed by atoms with Crippen molar-refractivity contribution in [1.82, 2.24) is 10.1 Å². The van der Waals surface area contributed by atoms with E-state index in [1.165, 1.54) is 0 Å². The van der Waals surface area contributed by atoms with E-state index in [1.807, 2.05) is 45.0 Å². The Kier molecular flexibility index (Phi) is 4.84. The summed E-state index contributed by atoms with van der Waals surface area (Å²) in [5.74, 6) is 1.07. The second-order valence-corrected chi connectivity index (χ2v) is 9.00. The van der Waals surface area contributed by atoms with Crippen LogP contribution in [0.25, 0.3) is 23.0 Å². The number of sulfone groups is 1. The average molecular weight is 408 g/mol. The summed E-state index contributed by atoms with van der Waals surface area (Å²) < 4.78 is 36.4. The molecule has 0 saturated carbocycles. The van der Waals surface area contributed by atoms with Gasteiger partial charge in [-0.05, 0) is 61.7 Å². The van der Waals surface area contributed by atoms with Crippen molar-refractivity contribution in [2.45, 2.75) is 31.4 Å². The highest BCUT2D eigenvalue weighted by molar-refractivity contribution is 7.90. The summed E-state index contributed by atoms with van der Waals surface area (Å²) in [6.07, 6.45) is 0. The maximum atomic E-state index is 12.7. The highest BCUT2D eigenvalue weighted by Gasteiger charge is 2.20. The minimum Gasteiger partial charge on any atom is -0.455 e. The molecule has 0 aliphatic rings. The van der Waals surface area contributed by atoms with Gasteiger partial charge in [0.25, 0.3) is 5.89 Å². The predicted octanol–water partition coefficient (Wildman–Crippen LogP) is 4.90. The number of furan rings is 1. The van der Waals surface area contributed by atoms with E-state index in [0.717, 1.165) is 22.3 Å². The van der Waals surface area contributed by atoms with Gasteiger partial charge in [0.05, 0.1) is 4.90 Å². The van der Waals surface area contributed by atoms with Gasteiger partial charge in [-0.3, -0.25) is 0 Å². The van der Waals surface area contributed by atoms with Crippen molar-refractivity contribution in [1.29, 1.82) is 0 Å². The maximum Gasteiger partial charge on any atom is 0.293 e. The van der Waals surface area contributed by atoms with Crippen LogP contribution in [0.4, 0.5) is 0 Å². The fourth-order valence-electron chi connectivity index (χ4n) is 3.01. The van der Waals surface area contributed by atoms with Crippen LogP contribution in [-0.4, -0.2) is 18.6 Å². The van der Waals surface area contributed by atoms with E-state index in [4.69, 9.17) is 8.94 Å². The van der Waals surface area contributed by atoms with Crippen LogP contribution in [0.3, 0.4) is 0 Å². The van der Waals surface area contributed by atoms with Crippen molar-refractivity contribution < 1.29 is 17.4 Å². The summed E-state index contributed by atoms with van der Waals surface area (Å²) in [4.78, 5) is 4.66. The van der Waals surface area contributed by atoms with E-state index in [9.17, 15) is 8.42 Å². The summed E-state index contributed by atoms with van der Waals surface area (Å²) in [6.45, 7) is 5.80. The molecule has 4 rings (SSSR count). The topological polar surface area (TPSA) is 86.2 Å². The minimum absolute atomic E-state index is 0.207. The predicted molar refractivity (Wildman–Crippen MR) is 109 cm³/mol. The number of hydrogen-bond acceptors (Lipinski definition) is 6. The van der Waals surface area contributed by atoms with Crippen molar-refractivity contribution in [3.05, 3.63) is 77.0 Å². The number of benzene rings is 2. The lowest BCUT2D eigenvalue weighted by Gasteiger charge is -2.05. The summed E-state index contributed by atoms with van der Waals surface area (Å²) >= 11 is 0. The highest BCUT2D eigenvalue weighted by atomic mass is 32.2. The number of aryl methyl sites for hydroxylation is 3. The van der Waals surface area contributed by atoms with Gasteiger partial charge in [-0.1, -0.05) is 35.5 Å². The summed E-state index contributed by atoms with van der Waals surface area (Å²) in [5, 5.41) is 4.01. The zero-order chi connectivity index (χ0) is 20.6. The SMILES string of the molecule is Cc1ccc(S(=O)(=O)Cc2ccc(-c3nc(-c4ccccc4C)no3)o2)cc1C. The molecule has 0 spiro atoms. The molecule has 0 bridgehead atoms. The third-order valence-electron chi connectivity index (χ3n) is 4.85. The lowest BCUT2D eigenvalue weighted by atomic mass is 10.1. The zero-order valence-corrected chi connectivity index (χ0v) is 17.2. The van der Waals surface area contributed by atoms with E-state index >= 15 is 0 Å². The van der Waals surface area contributed by atoms with Gasteiger partial charge in [-0.2, -0.15) is 4.98 Å². The van der Waals surface area contributed by atoms with Crippen molar-refractivity contribution in [2.75, 3.05) is 0 Å². The third-order valence-corrected chi connectivity index (χ3v) is 6.49. The molecular formula is C22H20N2O4S. The van der Waals surface area contributed by atoms with E-state index in [0.29, 0.717) is 17.3 Å². The number of rotatable bonds is 5. The standard InChI is InChI=1S/C22H20N2O4S/c1-14-8-10-18(12-16(14)3)29(25,26)13-17-9-11-20(27-17)22-23-21(24-28-22)19-7-5-4-6-15(19)2/h4-12H,13H2,1-3H3. The first-order valence-corrected chi connectivity index (χ1v) is 10.8. The Bertz CT molecular complexity index is 1290. The largest absolute Gasteiger partial charge is 0.455 e. The maximum absolute atomic E-state index is 12.7. The van der Waals surface area contributed by atoms with Crippen molar-refractivity contribution in [3.8, 4) is 23.0 Å². The second-order valence-electron chi connectivity index (χ2n) is 7.01. The van der Waals surface area contributed by atoms with Gasteiger partial charge in [0.15, 0.2) is 15.6 Å². The van der Waals surface area contributed by atoms with Crippen molar-refractivity contribution in [2.24, 2.45) is 0 Å². The van der Waals surface area contributed by atoms with Crippen LogP contribution in [0, 0.1) is 20.8 Å². The molecule has 2 aromatic carbocycles. The molecule has 0 amide bonds. The molecule has 2 heterocycles. The van der Waals surface area contributed by atoms with E-state index in [2.05, 4.69) is 10.1 Å². The normalized spacial score (nSPS) is 11.7. The first kappa shape index (κ1) is 19.1. The van der Waals surface area contributed by atoms with Crippen LogP contribution < -0.4 is 0 Å². The van der Waals surface area contributed by atoms with Gasteiger partial charge in [-0.15, -0.1) is 0 Å².